The Labute approximate surface area is 113 Å². The summed E-state index contributed by atoms with van der Waals surface area (Å²) >= 11 is 0. The fourth-order valence-corrected chi connectivity index (χ4v) is 2.52. The quantitative estimate of drug-likeness (QED) is 0.889. The summed E-state index contributed by atoms with van der Waals surface area (Å²) in [5.74, 6) is 0.856. The summed E-state index contributed by atoms with van der Waals surface area (Å²) in [5, 5.41) is 15.4. The van der Waals surface area contributed by atoms with Crippen molar-refractivity contribution in [2.45, 2.75) is 32.7 Å². The van der Waals surface area contributed by atoms with Gasteiger partial charge in [0, 0.05) is 6.54 Å². The molecule has 0 spiro atoms. The molecule has 0 radical (unpaired) electrons. The van der Waals surface area contributed by atoms with E-state index in [2.05, 4.69) is 27.8 Å². The number of nitrogens with zero attached hydrogens (tertiary/aromatic N) is 4. The van der Waals surface area contributed by atoms with Crippen molar-refractivity contribution < 1.29 is 0 Å². The topological polar surface area (TPSA) is 55.6 Å². The minimum atomic E-state index is 0.477. The molecule has 3 rings (SSSR count). The summed E-state index contributed by atoms with van der Waals surface area (Å²) in [5.41, 5.74) is 1.48. The van der Waals surface area contributed by atoms with E-state index >= 15 is 0 Å². The summed E-state index contributed by atoms with van der Waals surface area (Å²) in [7, 11) is 0. The normalized spacial score (nSPS) is 17.1. The van der Waals surface area contributed by atoms with Crippen LogP contribution in [0.25, 0.3) is 5.69 Å². The minimum Gasteiger partial charge on any atom is -0.309 e. The maximum absolute atomic E-state index is 4.10. The van der Waals surface area contributed by atoms with E-state index in [0.29, 0.717) is 12.0 Å². The van der Waals surface area contributed by atoms with Gasteiger partial charge in [-0.3, -0.25) is 0 Å². The summed E-state index contributed by atoms with van der Waals surface area (Å²) in [6.45, 7) is 4.08. The van der Waals surface area contributed by atoms with Gasteiger partial charge in [0.2, 0.25) is 0 Å². The van der Waals surface area contributed by atoms with E-state index in [-0.39, 0.29) is 0 Å². The number of hydrogen-bond acceptors (Lipinski definition) is 4. The molecule has 0 atom stereocenters. The molecule has 19 heavy (non-hydrogen) atoms. The molecule has 1 heterocycles. The third-order valence-corrected chi connectivity index (χ3v) is 3.93. The van der Waals surface area contributed by atoms with Crippen molar-refractivity contribution in [1.82, 2.24) is 25.5 Å². The van der Waals surface area contributed by atoms with E-state index in [1.165, 1.54) is 19.3 Å². The zero-order chi connectivity index (χ0) is 13.1. The Morgan fingerprint density at radius 3 is 2.74 bits per heavy atom. The molecular weight excluding hydrogens is 238 g/mol. The third kappa shape index (κ3) is 2.66. The largest absolute Gasteiger partial charge is 0.309 e. The number of rotatable bonds is 5. The zero-order valence-corrected chi connectivity index (χ0v) is 11.2. The molecule has 0 aliphatic heterocycles. The van der Waals surface area contributed by atoms with E-state index < -0.39 is 0 Å². The van der Waals surface area contributed by atoms with Gasteiger partial charge in [-0.25, -0.2) is 0 Å². The average molecular weight is 257 g/mol. The Kier molecular flexibility index (Phi) is 3.29. The Morgan fingerprint density at radius 1 is 1.26 bits per heavy atom. The van der Waals surface area contributed by atoms with Gasteiger partial charge in [0.1, 0.15) is 0 Å². The van der Waals surface area contributed by atoms with Crippen LogP contribution in [0.4, 0.5) is 0 Å². The third-order valence-electron chi connectivity index (χ3n) is 3.93. The summed E-state index contributed by atoms with van der Waals surface area (Å²) < 4.78 is 1.79. The van der Waals surface area contributed by atoms with E-state index in [0.717, 1.165) is 18.1 Å². The highest BCUT2D eigenvalue weighted by Crippen LogP contribution is 2.39. The van der Waals surface area contributed by atoms with Crippen LogP contribution in [0.3, 0.4) is 0 Å². The van der Waals surface area contributed by atoms with Gasteiger partial charge >= 0.3 is 0 Å². The van der Waals surface area contributed by atoms with Crippen LogP contribution < -0.4 is 5.32 Å². The van der Waals surface area contributed by atoms with Crippen LogP contribution in [0.2, 0.25) is 0 Å². The molecule has 0 amide bonds. The molecule has 1 aliphatic carbocycles. The Hall–Kier alpha value is -1.75. The first-order valence-corrected chi connectivity index (χ1v) is 6.80. The Bertz CT molecular complexity index is 530. The average Bonchev–Trinajstić information content (AvgIpc) is 2.86. The number of aromatic nitrogens is 4. The van der Waals surface area contributed by atoms with E-state index in [4.69, 9.17) is 0 Å². The molecule has 0 bridgehead atoms. The second-order valence-corrected chi connectivity index (χ2v) is 5.61. The highest BCUT2D eigenvalue weighted by molar-refractivity contribution is 5.30. The highest BCUT2D eigenvalue weighted by Gasteiger charge is 2.31. The first-order chi connectivity index (χ1) is 9.27. The van der Waals surface area contributed by atoms with Gasteiger partial charge in [-0.1, -0.05) is 31.5 Å². The van der Waals surface area contributed by atoms with Crippen molar-refractivity contribution in [2.24, 2.45) is 5.41 Å². The number of hydrogen-bond donors (Lipinski definition) is 1. The smallest absolute Gasteiger partial charge is 0.170 e. The fraction of sp³-hybridized carbons (Fsp3) is 0.500. The Balaban J connectivity index is 1.64. The van der Waals surface area contributed by atoms with Crippen molar-refractivity contribution in [1.29, 1.82) is 0 Å². The predicted octanol–water partition coefficient (Wildman–Crippen LogP) is 1.94. The van der Waals surface area contributed by atoms with Gasteiger partial charge in [-0.2, -0.15) is 4.68 Å². The molecule has 100 valence electrons. The molecule has 0 saturated heterocycles. The lowest BCUT2D eigenvalue weighted by Crippen LogP contribution is -2.37. The van der Waals surface area contributed by atoms with Crippen LogP contribution in [0.15, 0.2) is 30.3 Å². The number of tetrazole rings is 1. The number of nitrogens with one attached hydrogen (secondary N) is 1. The first kappa shape index (κ1) is 12.3. The molecule has 0 unspecified atom stereocenters. The first-order valence-electron chi connectivity index (χ1n) is 6.80. The van der Waals surface area contributed by atoms with Crippen LogP contribution in [-0.2, 0) is 6.54 Å². The van der Waals surface area contributed by atoms with Crippen molar-refractivity contribution in [3.8, 4) is 5.69 Å². The van der Waals surface area contributed by atoms with Gasteiger partial charge in [-0.15, -0.1) is 5.10 Å². The van der Waals surface area contributed by atoms with Crippen LogP contribution in [0.1, 0.15) is 32.0 Å². The fourth-order valence-electron chi connectivity index (χ4n) is 2.52. The number of benzene rings is 1. The SMILES string of the molecule is CC1(CNCc2nnnn2-c2ccccc2)CCC1. The molecule has 1 N–H and O–H groups in total. The van der Waals surface area contributed by atoms with E-state index in [9.17, 15) is 0 Å². The highest BCUT2D eigenvalue weighted by atomic mass is 15.5. The van der Waals surface area contributed by atoms with Crippen LogP contribution in [-0.4, -0.2) is 26.8 Å². The van der Waals surface area contributed by atoms with Crippen molar-refractivity contribution in [2.75, 3.05) is 6.54 Å². The molecule has 1 aliphatic rings. The molecule has 2 aromatic rings. The minimum absolute atomic E-state index is 0.477. The second kappa shape index (κ2) is 5.09. The molecule has 1 aromatic heterocycles. The summed E-state index contributed by atoms with van der Waals surface area (Å²) in [4.78, 5) is 0. The molecule has 1 aromatic carbocycles. The van der Waals surface area contributed by atoms with Gasteiger partial charge in [0.15, 0.2) is 5.82 Å². The van der Waals surface area contributed by atoms with Crippen molar-refractivity contribution >= 4 is 0 Å². The monoisotopic (exact) mass is 257 g/mol. The van der Waals surface area contributed by atoms with E-state index in [1.807, 2.05) is 30.3 Å². The summed E-state index contributed by atoms with van der Waals surface area (Å²) in [6.07, 6.45) is 4.01. The van der Waals surface area contributed by atoms with Crippen LogP contribution in [0.5, 0.6) is 0 Å². The zero-order valence-electron chi connectivity index (χ0n) is 11.2. The maximum Gasteiger partial charge on any atom is 0.170 e. The molecule has 1 fully saturated rings. The molecule has 1 saturated carbocycles. The maximum atomic E-state index is 4.10. The number of para-hydroxylation sites is 1. The van der Waals surface area contributed by atoms with Crippen LogP contribution in [0, 0.1) is 5.41 Å². The lowest BCUT2D eigenvalue weighted by Gasteiger charge is -2.38. The Morgan fingerprint density at radius 2 is 2.05 bits per heavy atom. The molecule has 5 nitrogen and oxygen atoms in total. The van der Waals surface area contributed by atoms with Gasteiger partial charge < -0.3 is 5.32 Å². The molecular formula is C14H19N5. The van der Waals surface area contributed by atoms with Gasteiger partial charge in [0.25, 0.3) is 0 Å². The van der Waals surface area contributed by atoms with Gasteiger partial charge in [-0.05, 0) is 40.8 Å². The van der Waals surface area contributed by atoms with E-state index in [1.54, 1.807) is 4.68 Å². The molecule has 5 heteroatoms. The van der Waals surface area contributed by atoms with Gasteiger partial charge in [0.05, 0.1) is 12.2 Å². The second-order valence-electron chi connectivity index (χ2n) is 5.61. The standard InChI is InChI=1S/C14H19N5/c1-14(8-5-9-14)11-15-10-13-16-17-18-19(13)12-6-3-2-4-7-12/h2-4,6-7,15H,5,8-11H2,1H3. The lowest BCUT2D eigenvalue weighted by atomic mass is 9.70. The lowest BCUT2D eigenvalue weighted by molar-refractivity contribution is 0.156. The summed E-state index contributed by atoms with van der Waals surface area (Å²) in [6, 6.07) is 9.98. The predicted molar refractivity (Wildman–Crippen MR) is 72.8 cm³/mol. The van der Waals surface area contributed by atoms with Crippen molar-refractivity contribution in [3.05, 3.63) is 36.2 Å². The van der Waals surface area contributed by atoms with Crippen molar-refractivity contribution in [3.63, 3.8) is 0 Å². The van der Waals surface area contributed by atoms with Crippen LogP contribution >= 0.6 is 0 Å².